The van der Waals surface area contributed by atoms with Crippen LogP contribution in [-0.2, 0) is 7.05 Å². The van der Waals surface area contributed by atoms with Gasteiger partial charge < -0.3 is 4.57 Å². The van der Waals surface area contributed by atoms with E-state index < -0.39 is 0 Å². The van der Waals surface area contributed by atoms with Crippen molar-refractivity contribution in [2.45, 2.75) is 0 Å². The van der Waals surface area contributed by atoms with Crippen molar-refractivity contribution in [3.05, 3.63) is 17.5 Å². The highest BCUT2D eigenvalue weighted by atomic mass is 35.5. The van der Waals surface area contributed by atoms with Gasteiger partial charge in [0.2, 0.25) is 0 Å². The number of aromatic nitrogens is 4. The number of halogens is 1. The third-order valence-corrected chi connectivity index (χ3v) is 1.61. The lowest BCUT2D eigenvalue weighted by Crippen LogP contribution is -1.89. The van der Waals surface area contributed by atoms with E-state index in [1.165, 1.54) is 0 Å². The van der Waals surface area contributed by atoms with Crippen LogP contribution in [0.1, 0.15) is 0 Å². The van der Waals surface area contributed by atoms with Crippen LogP contribution in [0.4, 0.5) is 0 Å². The Labute approximate surface area is 67.8 Å². The summed E-state index contributed by atoms with van der Waals surface area (Å²) in [5, 5.41) is 7.93. The van der Waals surface area contributed by atoms with Gasteiger partial charge in [0.05, 0.1) is 6.33 Å². The normalized spacial score (nSPS) is 10.7. The van der Waals surface area contributed by atoms with Crippen LogP contribution in [-0.4, -0.2) is 19.7 Å². The first-order valence-electron chi connectivity index (χ1n) is 3.07. The topological polar surface area (TPSA) is 43.6 Å². The van der Waals surface area contributed by atoms with E-state index in [0.717, 1.165) is 11.2 Å². The van der Waals surface area contributed by atoms with E-state index in [1.807, 2.05) is 7.05 Å². The van der Waals surface area contributed by atoms with E-state index in [-0.39, 0.29) is 0 Å². The van der Waals surface area contributed by atoms with Gasteiger partial charge >= 0.3 is 0 Å². The Balaban J connectivity index is 2.86. The Morgan fingerprint density at radius 1 is 1.45 bits per heavy atom. The summed E-state index contributed by atoms with van der Waals surface area (Å²) in [6.07, 6.45) is 1.68. The zero-order chi connectivity index (χ0) is 7.84. The molecule has 0 atom stereocenters. The lowest BCUT2D eigenvalue weighted by Gasteiger charge is -1.90. The molecule has 0 aliphatic heterocycles. The highest BCUT2D eigenvalue weighted by molar-refractivity contribution is 6.29. The number of aryl methyl sites for hydroxylation is 1. The number of hydrogen-bond donors (Lipinski definition) is 0. The summed E-state index contributed by atoms with van der Waals surface area (Å²) in [6.45, 7) is 0. The molecular weight excluding hydrogens is 164 g/mol. The molecule has 0 saturated carbocycles. The fraction of sp³-hybridized carbons (Fsp3) is 0.167. The molecule has 4 nitrogen and oxygen atoms in total. The molecule has 11 heavy (non-hydrogen) atoms. The predicted molar refractivity (Wildman–Crippen MR) is 41.3 cm³/mol. The first-order valence-corrected chi connectivity index (χ1v) is 3.45. The van der Waals surface area contributed by atoms with Gasteiger partial charge in [0.1, 0.15) is 5.52 Å². The van der Waals surface area contributed by atoms with Crippen LogP contribution in [0.15, 0.2) is 12.4 Å². The standard InChI is InChI=1S/C6H5ClN4/c1-11-3-8-4-2-5(7)9-10-6(4)11/h2-3H,1H3. The molecule has 0 saturated heterocycles. The predicted octanol–water partition coefficient (Wildman–Crippen LogP) is 1.02. The molecule has 0 fully saturated rings. The van der Waals surface area contributed by atoms with Crippen molar-refractivity contribution in [2.24, 2.45) is 7.05 Å². The van der Waals surface area contributed by atoms with Crippen LogP contribution in [0.2, 0.25) is 5.15 Å². The van der Waals surface area contributed by atoms with Crippen molar-refractivity contribution in [3.63, 3.8) is 0 Å². The van der Waals surface area contributed by atoms with Crippen LogP contribution < -0.4 is 0 Å². The fourth-order valence-corrected chi connectivity index (χ4v) is 1.04. The van der Waals surface area contributed by atoms with Crippen molar-refractivity contribution in [2.75, 3.05) is 0 Å². The van der Waals surface area contributed by atoms with Crippen molar-refractivity contribution < 1.29 is 0 Å². The average molecular weight is 169 g/mol. The number of fused-ring (bicyclic) bond motifs is 1. The van der Waals surface area contributed by atoms with E-state index in [4.69, 9.17) is 11.6 Å². The van der Waals surface area contributed by atoms with E-state index in [9.17, 15) is 0 Å². The molecule has 0 aliphatic carbocycles. The molecule has 5 heteroatoms. The summed E-state index contributed by atoms with van der Waals surface area (Å²) < 4.78 is 1.79. The van der Waals surface area contributed by atoms with Gasteiger partial charge in [0, 0.05) is 13.1 Å². The number of rotatable bonds is 0. The van der Waals surface area contributed by atoms with E-state index in [0.29, 0.717) is 5.15 Å². The Hall–Kier alpha value is -1.16. The summed E-state index contributed by atoms with van der Waals surface area (Å²) in [5.74, 6) is 0. The largest absolute Gasteiger partial charge is 0.317 e. The second kappa shape index (κ2) is 2.17. The van der Waals surface area contributed by atoms with E-state index in [2.05, 4.69) is 15.2 Å². The maximum atomic E-state index is 5.61. The summed E-state index contributed by atoms with van der Waals surface area (Å²) in [5.41, 5.74) is 1.52. The van der Waals surface area contributed by atoms with Crippen LogP contribution in [0.25, 0.3) is 11.2 Å². The molecule has 0 N–H and O–H groups in total. The lowest BCUT2D eigenvalue weighted by atomic mass is 10.5. The first kappa shape index (κ1) is 6.54. The Kier molecular flexibility index (Phi) is 1.29. The summed E-state index contributed by atoms with van der Waals surface area (Å²) in [4.78, 5) is 4.06. The molecule has 0 spiro atoms. The zero-order valence-corrected chi connectivity index (χ0v) is 6.58. The molecule has 2 rings (SSSR count). The number of hydrogen-bond acceptors (Lipinski definition) is 3. The molecule has 0 amide bonds. The minimum atomic E-state index is 0.371. The quantitative estimate of drug-likeness (QED) is 0.590. The Morgan fingerprint density at radius 3 is 3.09 bits per heavy atom. The Bertz CT molecular complexity index is 394. The lowest BCUT2D eigenvalue weighted by molar-refractivity contribution is 0.907. The van der Waals surface area contributed by atoms with Crippen LogP contribution in [0.5, 0.6) is 0 Å². The smallest absolute Gasteiger partial charge is 0.182 e. The summed E-state index contributed by atoms with van der Waals surface area (Å²) >= 11 is 5.61. The van der Waals surface area contributed by atoms with Crippen LogP contribution in [0.3, 0.4) is 0 Å². The molecule has 0 unspecified atom stereocenters. The first-order chi connectivity index (χ1) is 5.27. The van der Waals surface area contributed by atoms with E-state index in [1.54, 1.807) is 17.0 Å². The van der Waals surface area contributed by atoms with Crippen molar-refractivity contribution >= 4 is 22.8 Å². The monoisotopic (exact) mass is 168 g/mol. The van der Waals surface area contributed by atoms with Gasteiger partial charge in [0.15, 0.2) is 10.8 Å². The minimum Gasteiger partial charge on any atom is -0.317 e. The summed E-state index contributed by atoms with van der Waals surface area (Å²) in [6, 6.07) is 1.68. The maximum Gasteiger partial charge on any atom is 0.182 e. The SMILES string of the molecule is Cn1cnc2cc(Cl)nnc21. The van der Waals surface area contributed by atoms with E-state index >= 15 is 0 Å². The highest BCUT2D eigenvalue weighted by Crippen LogP contribution is 2.10. The van der Waals surface area contributed by atoms with Gasteiger partial charge in [-0.3, -0.25) is 0 Å². The third kappa shape index (κ3) is 0.952. The van der Waals surface area contributed by atoms with Crippen LogP contribution >= 0.6 is 11.6 Å². The highest BCUT2D eigenvalue weighted by Gasteiger charge is 2.01. The van der Waals surface area contributed by atoms with Gasteiger partial charge in [-0.2, -0.15) is 0 Å². The average Bonchev–Trinajstić information content (AvgIpc) is 2.32. The van der Waals surface area contributed by atoms with Gasteiger partial charge in [-0.15, -0.1) is 10.2 Å². The molecule has 0 aromatic carbocycles. The molecule has 2 aromatic rings. The van der Waals surface area contributed by atoms with Crippen LogP contribution in [0, 0.1) is 0 Å². The molecule has 0 radical (unpaired) electrons. The molecule has 0 bridgehead atoms. The number of nitrogens with zero attached hydrogens (tertiary/aromatic N) is 4. The van der Waals surface area contributed by atoms with Gasteiger partial charge in [0.25, 0.3) is 0 Å². The second-order valence-electron chi connectivity index (χ2n) is 2.23. The summed E-state index contributed by atoms with van der Waals surface area (Å²) in [7, 11) is 1.86. The zero-order valence-electron chi connectivity index (χ0n) is 5.82. The van der Waals surface area contributed by atoms with Gasteiger partial charge in [-0.1, -0.05) is 11.6 Å². The molecule has 56 valence electrons. The molecular formula is C6H5ClN4. The fourth-order valence-electron chi connectivity index (χ4n) is 0.902. The second-order valence-corrected chi connectivity index (χ2v) is 2.62. The molecule has 0 aliphatic rings. The molecule has 2 aromatic heterocycles. The van der Waals surface area contributed by atoms with Crippen molar-refractivity contribution in [1.82, 2.24) is 19.7 Å². The van der Waals surface area contributed by atoms with Gasteiger partial charge in [-0.25, -0.2) is 4.98 Å². The van der Waals surface area contributed by atoms with Gasteiger partial charge in [-0.05, 0) is 0 Å². The number of imidazole rings is 1. The molecule has 2 heterocycles. The Morgan fingerprint density at radius 2 is 2.27 bits per heavy atom. The minimum absolute atomic E-state index is 0.371. The third-order valence-electron chi connectivity index (χ3n) is 1.43. The van der Waals surface area contributed by atoms with Crippen molar-refractivity contribution in [3.8, 4) is 0 Å². The van der Waals surface area contributed by atoms with Crippen molar-refractivity contribution in [1.29, 1.82) is 0 Å². The maximum absolute atomic E-state index is 5.61.